The van der Waals surface area contributed by atoms with Crippen molar-refractivity contribution in [2.45, 2.75) is 32.8 Å². The average molecular weight is 401 g/mol. The van der Waals surface area contributed by atoms with Crippen LogP contribution in [0.1, 0.15) is 19.5 Å². The van der Waals surface area contributed by atoms with Crippen LogP contribution in [0.4, 0.5) is 0 Å². The summed E-state index contributed by atoms with van der Waals surface area (Å²) < 4.78 is 6.50. The standard InChI is InChI=1S/C19H22BClN4O3/c1-19(2,18(26)28-4)22-11-13-10-14-15(21)23-16(12-8-6-5-7-9-12)24-17(14)25(13)20(3)27/h5-10,22,27H,11H2,1-4H3. The normalized spacial score (nSPS) is 11.6. The summed E-state index contributed by atoms with van der Waals surface area (Å²) in [5.41, 5.74) is 1.19. The molecule has 0 atom stereocenters. The zero-order chi connectivity index (χ0) is 20.5. The van der Waals surface area contributed by atoms with Gasteiger partial charge in [-0.05, 0) is 26.7 Å². The first-order chi connectivity index (χ1) is 13.2. The zero-order valence-corrected chi connectivity index (χ0v) is 17.0. The lowest BCUT2D eigenvalue weighted by Crippen LogP contribution is -2.47. The minimum Gasteiger partial charge on any atom is -0.468 e. The number of carbonyl (C=O) groups excluding carboxylic acids is 1. The third-order valence-electron chi connectivity index (χ3n) is 4.54. The molecule has 0 fully saturated rings. The van der Waals surface area contributed by atoms with Crippen molar-refractivity contribution in [3.63, 3.8) is 0 Å². The molecule has 0 unspecified atom stereocenters. The van der Waals surface area contributed by atoms with Gasteiger partial charge in [0.1, 0.15) is 16.3 Å². The van der Waals surface area contributed by atoms with E-state index in [9.17, 15) is 9.82 Å². The molecule has 3 rings (SSSR count). The van der Waals surface area contributed by atoms with Crippen LogP contribution in [-0.2, 0) is 16.1 Å². The van der Waals surface area contributed by atoms with Crippen LogP contribution in [0.15, 0.2) is 36.4 Å². The predicted molar refractivity (Wildman–Crippen MR) is 110 cm³/mol. The van der Waals surface area contributed by atoms with Crippen molar-refractivity contribution >= 4 is 35.7 Å². The number of rotatable bonds is 6. The highest BCUT2D eigenvalue weighted by Crippen LogP contribution is 2.28. The highest BCUT2D eigenvalue weighted by atomic mass is 35.5. The van der Waals surface area contributed by atoms with Gasteiger partial charge in [-0.25, -0.2) is 9.97 Å². The third kappa shape index (κ3) is 3.89. The van der Waals surface area contributed by atoms with Crippen molar-refractivity contribution in [2.24, 2.45) is 0 Å². The molecule has 0 bridgehead atoms. The van der Waals surface area contributed by atoms with Crippen molar-refractivity contribution in [2.75, 3.05) is 7.11 Å². The second kappa shape index (κ2) is 7.91. The molecular weight excluding hydrogens is 378 g/mol. The first kappa shape index (κ1) is 20.3. The molecule has 28 heavy (non-hydrogen) atoms. The highest BCUT2D eigenvalue weighted by molar-refractivity contribution is 6.48. The first-order valence-electron chi connectivity index (χ1n) is 8.89. The number of esters is 1. The smallest absolute Gasteiger partial charge is 0.415 e. The summed E-state index contributed by atoms with van der Waals surface area (Å²) in [6, 6.07) is 11.3. The molecule has 2 aromatic heterocycles. The molecule has 2 N–H and O–H groups in total. The topological polar surface area (TPSA) is 89.3 Å². The van der Waals surface area contributed by atoms with Crippen LogP contribution in [0.2, 0.25) is 12.0 Å². The maximum Gasteiger partial charge on any atom is 0.415 e. The summed E-state index contributed by atoms with van der Waals surface area (Å²) in [4.78, 5) is 20.9. The van der Waals surface area contributed by atoms with Gasteiger partial charge in [-0.15, -0.1) is 0 Å². The van der Waals surface area contributed by atoms with Gasteiger partial charge in [0.05, 0.1) is 12.5 Å². The van der Waals surface area contributed by atoms with Gasteiger partial charge in [0.15, 0.2) is 5.82 Å². The summed E-state index contributed by atoms with van der Waals surface area (Å²) in [7, 11) is 0.504. The van der Waals surface area contributed by atoms with E-state index in [1.807, 2.05) is 36.4 Å². The quantitative estimate of drug-likeness (QED) is 0.376. The Labute approximate surface area is 168 Å². The molecule has 0 amide bonds. The molecule has 0 saturated carbocycles. The average Bonchev–Trinajstić information content (AvgIpc) is 3.05. The van der Waals surface area contributed by atoms with E-state index in [1.165, 1.54) is 7.11 Å². The number of halogens is 1. The number of ether oxygens (including phenoxy) is 1. The molecule has 9 heteroatoms. The van der Waals surface area contributed by atoms with Crippen LogP contribution in [0.25, 0.3) is 22.4 Å². The molecule has 0 aliphatic heterocycles. The van der Waals surface area contributed by atoms with Crippen molar-refractivity contribution < 1.29 is 14.6 Å². The molecule has 0 aliphatic rings. The van der Waals surface area contributed by atoms with Gasteiger partial charge in [-0.3, -0.25) is 10.1 Å². The van der Waals surface area contributed by atoms with Gasteiger partial charge in [0, 0.05) is 17.8 Å². The van der Waals surface area contributed by atoms with E-state index in [2.05, 4.69) is 15.3 Å². The summed E-state index contributed by atoms with van der Waals surface area (Å²) in [5.74, 6) is 0.101. The molecule has 2 heterocycles. The fourth-order valence-electron chi connectivity index (χ4n) is 3.02. The molecule has 0 saturated heterocycles. The van der Waals surface area contributed by atoms with Crippen LogP contribution in [-0.4, -0.2) is 45.1 Å². The van der Waals surface area contributed by atoms with Crippen molar-refractivity contribution in [3.8, 4) is 11.4 Å². The molecule has 0 radical (unpaired) electrons. The second-order valence-corrected chi connectivity index (χ2v) is 7.41. The maximum absolute atomic E-state index is 11.9. The number of methoxy groups -OCH3 is 1. The minimum absolute atomic E-state index is 0.303. The van der Waals surface area contributed by atoms with Gasteiger partial charge < -0.3 is 14.2 Å². The molecule has 3 aromatic rings. The van der Waals surface area contributed by atoms with Gasteiger partial charge in [-0.2, -0.15) is 0 Å². The number of aromatic nitrogens is 3. The SMILES string of the molecule is COC(=O)C(C)(C)NCc1cc2c(Cl)nc(-c3ccccc3)nc2n1B(C)O. The van der Waals surface area contributed by atoms with Crippen LogP contribution in [0.3, 0.4) is 0 Å². The minimum atomic E-state index is -0.889. The monoisotopic (exact) mass is 400 g/mol. The summed E-state index contributed by atoms with van der Waals surface area (Å²) >= 11 is 6.42. The molecule has 7 nitrogen and oxygen atoms in total. The molecule has 0 aliphatic carbocycles. The Kier molecular flexibility index (Phi) is 5.74. The Hall–Kier alpha value is -2.42. The summed E-state index contributed by atoms with van der Waals surface area (Å²) in [6.45, 7) is 5.41. The number of hydrogen-bond donors (Lipinski definition) is 2. The Bertz CT molecular complexity index is 1010. The predicted octanol–water partition coefficient (Wildman–Crippen LogP) is 2.75. The van der Waals surface area contributed by atoms with Crippen molar-refractivity contribution in [1.29, 1.82) is 0 Å². The lowest BCUT2D eigenvalue weighted by Gasteiger charge is -2.23. The van der Waals surface area contributed by atoms with E-state index in [4.69, 9.17) is 16.3 Å². The number of nitrogens with zero attached hydrogens (tertiary/aromatic N) is 3. The summed E-state index contributed by atoms with van der Waals surface area (Å²) in [6.07, 6.45) is 0. The van der Waals surface area contributed by atoms with Gasteiger partial charge in [0.2, 0.25) is 0 Å². The Morgan fingerprint density at radius 1 is 1.32 bits per heavy atom. The lowest BCUT2D eigenvalue weighted by molar-refractivity contribution is -0.147. The van der Waals surface area contributed by atoms with Crippen LogP contribution in [0.5, 0.6) is 0 Å². The Balaban J connectivity index is 2.06. The van der Waals surface area contributed by atoms with Gasteiger partial charge >= 0.3 is 13.0 Å². The second-order valence-electron chi connectivity index (χ2n) is 7.05. The van der Waals surface area contributed by atoms with E-state index in [-0.39, 0.29) is 5.97 Å². The number of hydrogen-bond acceptors (Lipinski definition) is 6. The molecule has 0 spiro atoms. The molecule has 1 aromatic carbocycles. The van der Waals surface area contributed by atoms with Crippen LogP contribution >= 0.6 is 11.6 Å². The van der Waals surface area contributed by atoms with Crippen LogP contribution in [0, 0.1) is 0 Å². The Morgan fingerprint density at radius 3 is 2.61 bits per heavy atom. The fourth-order valence-corrected chi connectivity index (χ4v) is 3.24. The molecule has 146 valence electrons. The van der Waals surface area contributed by atoms with E-state index >= 15 is 0 Å². The fraction of sp³-hybridized carbons (Fsp3) is 0.316. The number of benzene rings is 1. The van der Waals surface area contributed by atoms with Gasteiger partial charge in [0.25, 0.3) is 0 Å². The van der Waals surface area contributed by atoms with E-state index in [1.54, 1.807) is 25.1 Å². The Morgan fingerprint density at radius 2 is 2.00 bits per heavy atom. The number of nitrogens with one attached hydrogen (secondary N) is 1. The van der Waals surface area contributed by atoms with E-state index in [0.717, 1.165) is 11.3 Å². The van der Waals surface area contributed by atoms with Crippen LogP contribution < -0.4 is 5.32 Å². The first-order valence-corrected chi connectivity index (χ1v) is 9.26. The van der Waals surface area contributed by atoms with Crippen molar-refractivity contribution in [3.05, 3.63) is 47.2 Å². The van der Waals surface area contributed by atoms with Gasteiger partial charge in [-0.1, -0.05) is 41.9 Å². The number of carbonyl (C=O) groups is 1. The zero-order valence-electron chi connectivity index (χ0n) is 16.2. The van der Waals surface area contributed by atoms with E-state index < -0.39 is 12.6 Å². The number of fused-ring (bicyclic) bond motifs is 1. The van der Waals surface area contributed by atoms with Crippen molar-refractivity contribution in [1.82, 2.24) is 19.8 Å². The largest absolute Gasteiger partial charge is 0.468 e. The highest BCUT2D eigenvalue weighted by Gasteiger charge is 2.29. The molecular formula is C19H22BClN4O3. The maximum atomic E-state index is 11.9. The van der Waals surface area contributed by atoms with E-state index in [0.29, 0.717) is 28.6 Å². The lowest BCUT2D eigenvalue weighted by atomic mass is 9.87. The third-order valence-corrected chi connectivity index (χ3v) is 4.83. The summed E-state index contributed by atoms with van der Waals surface area (Å²) in [5, 5.41) is 14.5.